The summed E-state index contributed by atoms with van der Waals surface area (Å²) in [6, 6.07) is 21.5. The Morgan fingerprint density at radius 1 is 1.08 bits per heavy atom. The average molecular weight is 540 g/mol. The lowest BCUT2D eigenvalue weighted by atomic mass is 10.2. The van der Waals surface area contributed by atoms with Gasteiger partial charge in [0.1, 0.15) is 12.1 Å². The Kier molecular flexibility index (Phi) is 8.04. The van der Waals surface area contributed by atoms with Gasteiger partial charge < -0.3 is 9.32 Å². The monoisotopic (exact) mass is 539 g/mol. The van der Waals surface area contributed by atoms with E-state index in [9.17, 15) is 9.18 Å². The number of aromatic nitrogens is 5. The van der Waals surface area contributed by atoms with Crippen LogP contribution in [-0.2, 0) is 12.3 Å². The van der Waals surface area contributed by atoms with E-state index in [0.717, 1.165) is 11.1 Å². The summed E-state index contributed by atoms with van der Waals surface area (Å²) in [5.41, 5.74) is 2.07. The van der Waals surface area contributed by atoms with E-state index < -0.39 is 5.82 Å². The molecule has 11 heteroatoms. The van der Waals surface area contributed by atoms with Crippen molar-refractivity contribution in [1.82, 2.24) is 29.6 Å². The summed E-state index contributed by atoms with van der Waals surface area (Å²) in [6.07, 6.45) is 4.81. The third-order valence-electron chi connectivity index (χ3n) is 5.73. The van der Waals surface area contributed by atoms with Gasteiger partial charge in [0.05, 0.1) is 23.9 Å². The molecule has 0 radical (unpaired) electrons. The molecule has 0 aliphatic heterocycles. The number of benzene rings is 2. The molecule has 5 rings (SSSR count). The van der Waals surface area contributed by atoms with Gasteiger partial charge in [-0.25, -0.2) is 9.37 Å². The lowest BCUT2D eigenvalue weighted by Crippen LogP contribution is -2.31. The number of rotatable bonds is 10. The summed E-state index contributed by atoms with van der Waals surface area (Å²) in [5.74, 6) is 0.265. The first-order chi connectivity index (χ1) is 19.1. The zero-order valence-corrected chi connectivity index (χ0v) is 21.5. The standard InChI is InChI=1S/C28H22FN7O2S/c29-22-11-4-5-12-24(22)36-26(21-9-2-1-3-10-21)33-34-28(36)39-19-25-32-23(18-38-25)27(37)35(15-7-13-30)17-20-8-6-14-31-16-20/h1-6,8-12,14,16,18H,7,15,17,19H2. The molecule has 0 atom stereocenters. The van der Waals surface area contributed by atoms with Crippen LogP contribution in [0.4, 0.5) is 4.39 Å². The Bertz CT molecular complexity index is 1600. The van der Waals surface area contributed by atoms with Crippen LogP contribution in [0.1, 0.15) is 28.4 Å². The maximum atomic E-state index is 14.8. The van der Waals surface area contributed by atoms with Crippen LogP contribution < -0.4 is 0 Å². The summed E-state index contributed by atoms with van der Waals surface area (Å²) in [4.78, 5) is 23.2. The van der Waals surface area contributed by atoms with Gasteiger partial charge in [0.2, 0.25) is 5.89 Å². The SMILES string of the molecule is N#CCCN(Cc1cccnc1)C(=O)c1coc(CSc2nnc(-c3ccccc3)n2-c2ccccc2F)n1. The fourth-order valence-corrected chi connectivity index (χ4v) is 4.70. The van der Waals surface area contributed by atoms with Gasteiger partial charge in [-0.2, -0.15) is 5.26 Å². The molecule has 3 aromatic heterocycles. The topological polar surface area (TPSA) is 114 Å². The van der Waals surface area contributed by atoms with E-state index in [1.807, 2.05) is 36.4 Å². The first kappa shape index (κ1) is 25.8. The summed E-state index contributed by atoms with van der Waals surface area (Å²) < 4.78 is 22.1. The van der Waals surface area contributed by atoms with E-state index in [2.05, 4.69) is 26.2 Å². The highest BCUT2D eigenvalue weighted by Crippen LogP contribution is 2.30. The smallest absolute Gasteiger partial charge is 0.276 e. The largest absolute Gasteiger partial charge is 0.447 e. The highest BCUT2D eigenvalue weighted by Gasteiger charge is 2.22. The van der Waals surface area contributed by atoms with Crippen LogP contribution in [0.15, 0.2) is 95.0 Å². The van der Waals surface area contributed by atoms with Crippen molar-refractivity contribution in [2.45, 2.75) is 23.9 Å². The Hall–Kier alpha value is -4.82. The molecule has 0 bridgehead atoms. The number of carbonyl (C=O) groups excluding carboxylic acids is 1. The van der Waals surface area contributed by atoms with Crippen LogP contribution in [0, 0.1) is 17.1 Å². The molecule has 2 aromatic carbocycles. The minimum absolute atomic E-state index is 0.132. The molecule has 0 unspecified atom stereocenters. The van der Waals surface area contributed by atoms with Gasteiger partial charge in [-0.15, -0.1) is 10.2 Å². The molecule has 5 aromatic rings. The highest BCUT2D eigenvalue weighted by atomic mass is 32.2. The Balaban J connectivity index is 1.36. The first-order valence-corrected chi connectivity index (χ1v) is 13.0. The van der Waals surface area contributed by atoms with Crippen LogP contribution in [0.2, 0.25) is 0 Å². The highest BCUT2D eigenvalue weighted by molar-refractivity contribution is 7.98. The average Bonchev–Trinajstić information content (AvgIpc) is 3.62. The second-order valence-electron chi connectivity index (χ2n) is 8.37. The molecule has 1 amide bonds. The van der Waals surface area contributed by atoms with Crippen molar-refractivity contribution < 1.29 is 13.6 Å². The van der Waals surface area contributed by atoms with Crippen LogP contribution in [-0.4, -0.2) is 42.1 Å². The van der Waals surface area contributed by atoms with Crippen LogP contribution in [0.3, 0.4) is 0 Å². The van der Waals surface area contributed by atoms with Gasteiger partial charge in [-0.3, -0.25) is 14.3 Å². The minimum Gasteiger partial charge on any atom is -0.447 e. The molecule has 194 valence electrons. The number of oxazole rings is 1. The molecule has 0 aliphatic rings. The maximum absolute atomic E-state index is 14.8. The number of nitriles is 1. The number of para-hydroxylation sites is 1. The molecule has 3 heterocycles. The normalized spacial score (nSPS) is 10.8. The van der Waals surface area contributed by atoms with E-state index in [4.69, 9.17) is 9.68 Å². The van der Waals surface area contributed by atoms with Gasteiger partial charge in [0.15, 0.2) is 16.7 Å². The number of halogens is 1. The molecule has 0 fully saturated rings. The van der Waals surface area contributed by atoms with Gasteiger partial charge in [0.25, 0.3) is 5.91 Å². The first-order valence-electron chi connectivity index (χ1n) is 12.0. The number of nitrogens with zero attached hydrogens (tertiary/aromatic N) is 7. The molecule has 39 heavy (non-hydrogen) atoms. The molecular weight excluding hydrogens is 517 g/mol. The predicted molar refractivity (Wildman–Crippen MR) is 142 cm³/mol. The Morgan fingerprint density at radius 2 is 1.90 bits per heavy atom. The minimum atomic E-state index is -0.411. The summed E-state index contributed by atoms with van der Waals surface area (Å²) >= 11 is 1.26. The van der Waals surface area contributed by atoms with E-state index in [1.165, 1.54) is 29.0 Å². The fourth-order valence-electron chi connectivity index (χ4n) is 3.90. The molecule has 0 saturated heterocycles. The lowest BCUT2D eigenvalue weighted by molar-refractivity contribution is 0.0740. The number of hydrogen-bond acceptors (Lipinski definition) is 8. The summed E-state index contributed by atoms with van der Waals surface area (Å²) in [7, 11) is 0. The van der Waals surface area contributed by atoms with Crippen LogP contribution >= 0.6 is 11.8 Å². The molecule has 0 spiro atoms. The zero-order valence-electron chi connectivity index (χ0n) is 20.6. The molecule has 0 saturated carbocycles. The second kappa shape index (κ2) is 12.1. The van der Waals surface area contributed by atoms with E-state index in [-0.39, 0.29) is 30.3 Å². The summed E-state index contributed by atoms with van der Waals surface area (Å²) in [5, 5.41) is 18.1. The molecular formula is C28H22FN7O2S. The molecule has 0 N–H and O–H groups in total. The van der Waals surface area contributed by atoms with E-state index in [1.54, 1.807) is 41.2 Å². The lowest BCUT2D eigenvalue weighted by Gasteiger charge is -2.20. The Labute approximate surface area is 228 Å². The van der Waals surface area contributed by atoms with Gasteiger partial charge >= 0.3 is 0 Å². The van der Waals surface area contributed by atoms with E-state index in [0.29, 0.717) is 29.1 Å². The molecule has 9 nitrogen and oxygen atoms in total. The van der Waals surface area contributed by atoms with Crippen molar-refractivity contribution in [3.8, 4) is 23.1 Å². The van der Waals surface area contributed by atoms with Crippen molar-refractivity contribution in [3.05, 3.63) is 108 Å². The predicted octanol–water partition coefficient (Wildman–Crippen LogP) is 5.30. The number of thioether (sulfide) groups is 1. The number of carbonyl (C=O) groups is 1. The number of pyridine rings is 1. The van der Waals surface area contributed by atoms with Crippen molar-refractivity contribution in [3.63, 3.8) is 0 Å². The van der Waals surface area contributed by atoms with Crippen molar-refractivity contribution in [1.29, 1.82) is 5.26 Å². The van der Waals surface area contributed by atoms with Gasteiger partial charge in [-0.1, -0.05) is 60.3 Å². The number of hydrogen-bond donors (Lipinski definition) is 0. The van der Waals surface area contributed by atoms with Gasteiger partial charge in [0, 0.05) is 31.0 Å². The van der Waals surface area contributed by atoms with Crippen molar-refractivity contribution >= 4 is 17.7 Å². The molecule has 0 aliphatic carbocycles. The van der Waals surface area contributed by atoms with Gasteiger partial charge in [-0.05, 0) is 23.8 Å². The van der Waals surface area contributed by atoms with E-state index >= 15 is 0 Å². The maximum Gasteiger partial charge on any atom is 0.276 e. The second-order valence-corrected chi connectivity index (χ2v) is 9.31. The summed E-state index contributed by atoms with van der Waals surface area (Å²) in [6.45, 7) is 0.536. The fraction of sp³-hybridized carbons (Fsp3) is 0.143. The third kappa shape index (κ3) is 6.02. The zero-order chi connectivity index (χ0) is 27.0. The third-order valence-corrected chi connectivity index (χ3v) is 6.64. The Morgan fingerprint density at radius 3 is 2.67 bits per heavy atom. The number of amides is 1. The van der Waals surface area contributed by atoms with Crippen LogP contribution in [0.25, 0.3) is 17.1 Å². The van der Waals surface area contributed by atoms with Crippen molar-refractivity contribution in [2.75, 3.05) is 6.54 Å². The van der Waals surface area contributed by atoms with Crippen LogP contribution in [0.5, 0.6) is 0 Å². The van der Waals surface area contributed by atoms with Crippen molar-refractivity contribution in [2.24, 2.45) is 0 Å². The quantitative estimate of drug-likeness (QED) is 0.220.